The molecule has 9 heteroatoms. The molecule has 1 unspecified atom stereocenters. The first-order valence-corrected chi connectivity index (χ1v) is 13.2. The zero-order chi connectivity index (χ0) is 27.5. The second-order valence-corrected chi connectivity index (χ2v) is 10.1. The summed E-state index contributed by atoms with van der Waals surface area (Å²) in [5.74, 6) is 1.06. The smallest absolute Gasteiger partial charge is 0.253 e. The van der Waals surface area contributed by atoms with Crippen molar-refractivity contribution < 1.29 is 23.5 Å². The van der Waals surface area contributed by atoms with Gasteiger partial charge in [-0.25, -0.2) is 9.37 Å². The van der Waals surface area contributed by atoms with E-state index in [9.17, 15) is 14.0 Å². The fourth-order valence-electron chi connectivity index (χ4n) is 5.86. The third-order valence-electron chi connectivity index (χ3n) is 7.81. The quantitative estimate of drug-likeness (QED) is 0.447. The van der Waals surface area contributed by atoms with Crippen LogP contribution in [0, 0.1) is 12.7 Å². The van der Waals surface area contributed by atoms with Gasteiger partial charge in [-0.05, 0) is 69.0 Å². The minimum absolute atomic E-state index is 0.00903. The van der Waals surface area contributed by atoms with Gasteiger partial charge in [0.2, 0.25) is 0 Å². The number of hydrogen-bond donors (Lipinski definition) is 2. The number of halogens is 1. The number of pyridine rings is 1. The first kappa shape index (κ1) is 26.5. The molecule has 5 rings (SSSR count). The van der Waals surface area contributed by atoms with Gasteiger partial charge in [0.25, 0.3) is 11.8 Å². The molecule has 2 aliphatic heterocycles. The first-order valence-electron chi connectivity index (χ1n) is 13.2. The molecular weight excluding hydrogens is 499 g/mol. The van der Waals surface area contributed by atoms with Gasteiger partial charge in [-0.15, -0.1) is 0 Å². The van der Waals surface area contributed by atoms with Crippen LogP contribution in [-0.4, -0.2) is 49.1 Å². The number of benzene rings is 2. The lowest BCUT2D eigenvalue weighted by Gasteiger charge is -2.40. The maximum Gasteiger partial charge on any atom is 0.253 e. The van der Waals surface area contributed by atoms with Crippen LogP contribution in [0.25, 0.3) is 0 Å². The Bertz CT molecular complexity index is 1350. The molecule has 8 nitrogen and oxygen atoms in total. The van der Waals surface area contributed by atoms with E-state index in [1.165, 1.54) is 13.2 Å². The third-order valence-corrected chi connectivity index (χ3v) is 7.81. The van der Waals surface area contributed by atoms with Gasteiger partial charge in [-0.3, -0.25) is 9.59 Å². The molecule has 2 bridgehead atoms. The number of hydrogen-bond acceptors (Lipinski definition) is 6. The Labute approximate surface area is 227 Å². The van der Waals surface area contributed by atoms with E-state index in [1.54, 1.807) is 31.5 Å². The lowest BCUT2D eigenvalue weighted by Crippen LogP contribution is -2.50. The summed E-state index contributed by atoms with van der Waals surface area (Å²) in [5, 5.41) is 5.98. The van der Waals surface area contributed by atoms with Gasteiger partial charge in [0.15, 0.2) is 0 Å². The van der Waals surface area contributed by atoms with Crippen LogP contribution in [0.3, 0.4) is 0 Å². The predicted octanol–water partition coefficient (Wildman–Crippen LogP) is 4.41. The lowest BCUT2D eigenvalue weighted by atomic mass is 9.96. The highest BCUT2D eigenvalue weighted by atomic mass is 19.1. The molecule has 2 amide bonds. The van der Waals surface area contributed by atoms with Crippen molar-refractivity contribution in [1.29, 1.82) is 0 Å². The number of carbonyl (C=O) groups excluding carboxylic acids is 2. The monoisotopic (exact) mass is 532 g/mol. The summed E-state index contributed by atoms with van der Waals surface area (Å²) in [7, 11) is 3.07. The van der Waals surface area contributed by atoms with Crippen molar-refractivity contribution in [1.82, 2.24) is 15.6 Å². The molecule has 3 aromatic rings. The van der Waals surface area contributed by atoms with Crippen molar-refractivity contribution >= 4 is 17.6 Å². The number of carbonyl (C=O) groups is 2. The molecule has 0 aliphatic carbocycles. The van der Waals surface area contributed by atoms with E-state index in [-0.39, 0.29) is 36.5 Å². The van der Waals surface area contributed by atoms with Gasteiger partial charge in [0.1, 0.15) is 23.1 Å². The summed E-state index contributed by atoms with van der Waals surface area (Å²) < 4.78 is 24.7. The fraction of sp³-hybridized carbons (Fsp3) is 0.367. The molecule has 0 spiro atoms. The zero-order valence-electron chi connectivity index (χ0n) is 22.4. The molecule has 2 saturated heterocycles. The summed E-state index contributed by atoms with van der Waals surface area (Å²) in [5.41, 5.74) is 2.16. The van der Waals surface area contributed by atoms with E-state index in [4.69, 9.17) is 9.47 Å². The minimum atomic E-state index is -0.434. The van der Waals surface area contributed by atoms with Crippen LogP contribution in [0.5, 0.6) is 11.5 Å². The lowest BCUT2D eigenvalue weighted by molar-refractivity contribution is 0.0923. The standard InChI is InChI=1S/C30H33FN4O4/c1-18-23(6-4-8-26(18)38-2)30(37)34-20-14-21-11-12-22(15-20)35(21)28-13-10-19(16-32-28)29(36)33-17-24-25(31)7-5-9-27(24)39-3/h4-10,13,16,20-22H,11-12,14-15,17H2,1-3H3,(H,33,36)(H,34,37)/t20?,21-,22+. The van der Waals surface area contributed by atoms with E-state index in [2.05, 4.69) is 20.5 Å². The number of nitrogens with zero attached hydrogens (tertiary/aromatic N) is 2. The van der Waals surface area contributed by atoms with Crippen molar-refractivity contribution in [3.8, 4) is 11.5 Å². The Morgan fingerprint density at radius 1 is 0.974 bits per heavy atom. The highest BCUT2D eigenvalue weighted by molar-refractivity contribution is 5.96. The predicted molar refractivity (Wildman–Crippen MR) is 146 cm³/mol. The van der Waals surface area contributed by atoms with Crippen LogP contribution >= 0.6 is 0 Å². The number of amides is 2. The van der Waals surface area contributed by atoms with Gasteiger partial charge < -0.3 is 25.0 Å². The van der Waals surface area contributed by atoms with Crippen molar-refractivity contribution in [2.24, 2.45) is 0 Å². The summed E-state index contributed by atoms with van der Waals surface area (Å²) in [6.45, 7) is 1.90. The number of fused-ring (bicyclic) bond motifs is 2. The number of nitrogens with one attached hydrogen (secondary N) is 2. The second-order valence-electron chi connectivity index (χ2n) is 10.1. The van der Waals surface area contributed by atoms with E-state index < -0.39 is 5.82 Å². The molecule has 2 fully saturated rings. The third kappa shape index (κ3) is 5.39. The van der Waals surface area contributed by atoms with Crippen molar-refractivity contribution in [2.45, 2.75) is 57.3 Å². The van der Waals surface area contributed by atoms with Crippen LogP contribution in [0.15, 0.2) is 54.7 Å². The average molecular weight is 533 g/mol. The van der Waals surface area contributed by atoms with Crippen LogP contribution < -0.4 is 25.0 Å². The van der Waals surface area contributed by atoms with E-state index >= 15 is 0 Å². The molecule has 3 atom stereocenters. The van der Waals surface area contributed by atoms with Crippen LogP contribution in [-0.2, 0) is 6.54 Å². The maximum absolute atomic E-state index is 14.2. The summed E-state index contributed by atoms with van der Waals surface area (Å²) in [4.78, 5) is 32.7. The minimum Gasteiger partial charge on any atom is -0.496 e. The largest absolute Gasteiger partial charge is 0.496 e. The Balaban J connectivity index is 1.20. The number of aromatic nitrogens is 1. The number of ether oxygens (including phenoxy) is 2. The van der Waals surface area contributed by atoms with E-state index in [0.29, 0.717) is 28.2 Å². The SMILES string of the molecule is COc1cccc(C(=O)NC2C[C@H]3CC[C@@H](C2)N3c2ccc(C(=O)NCc3c(F)cccc3OC)cn2)c1C. The molecule has 2 N–H and O–H groups in total. The molecule has 0 radical (unpaired) electrons. The molecule has 2 aromatic carbocycles. The maximum atomic E-state index is 14.2. The molecule has 0 saturated carbocycles. The molecule has 39 heavy (non-hydrogen) atoms. The number of rotatable bonds is 8. The van der Waals surface area contributed by atoms with Crippen molar-refractivity contribution in [2.75, 3.05) is 19.1 Å². The van der Waals surface area contributed by atoms with Crippen LogP contribution in [0.4, 0.5) is 10.2 Å². The van der Waals surface area contributed by atoms with Gasteiger partial charge in [-0.2, -0.15) is 0 Å². The van der Waals surface area contributed by atoms with Crippen molar-refractivity contribution in [3.63, 3.8) is 0 Å². The van der Waals surface area contributed by atoms with E-state index in [1.807, 2.05) is 31.2 Å². The van der Waals surface area contributed by atoms with Crippen LogP contribution in [0.2, 0.25) is 0 Å². The number of anilines is 1. The topological polar surface area (TPSA) is 92.8 Å². The fourth-order valence-corrected chi connectivity index (χ4v) is 5.86. The van der Waals surface area contributed by atoms with Crippen molar-refractivity contribution in [3.05, 3.63) is 82.8 Å². The highest BCUT2D eigenvalue weighted by Gasteiger charge is 2.42. The van der Waals surface area contributed by atoms with Gasteiger partial charge in [0.05, 0.1) is 19.8 Å². The molecular formula is C30H33FN4O4. The Morgan fingerprint density at radius 3 is 2.33 bits per heavy atom. The Morgan fingerprint density at radius 2 is 1.67 bits per heavy atom. The summed E-state index contributed by atoms with van der Waals surface area (Å²) in [6.07, 6.45) is 5.29. The number of methoxy groups -OCH3 is 2. The van der Waals surface area contributed by atoms with E-state index in [0.717, 1.165) is 37.1 Å². The Hall–Kier alpha value is -4.14. The summed E-state index contributed by atoms with van der Waals surface area (Å²) in [6, 6.07) is 14.3. The van der Waals surface area contributed by atoms with Gasteiger partial charge >= 0.3 is 0 Å². The molecule has 1 aromatic heterocycles. The Kier molecular flexibility index (Phi) is 7.67. The number of piperidine rings is 1. The molecule has 2 aliphatic rings. The normalized spacial score (nSPS) is 19.9. The van der Waals surface area contributed by atoms with Crippen LogP contribution in [0.1, 0.15) is 57.5 Å². The summed E-state index contributed by atoms with van der Waals surface area (Å²) >= 11 is 0. The molecule has 3 heterocycles. The highest BCUT2D eigenvalue weighted by Crippen LogP contribution is 2.38. The van der Waals surface area contributed by atoms with Gasteiger partial charge in [-0.1, -0.05) is 12.1 Å². The zero-order valence-corrected chi connectivity index (χ0v) is 22.4. The molecule has 204 valence electrons. The van der Waals surface area contributed by atoms with Gasteiger partial charge in [0, 0.05) is 47.6 Å². The first-order chi connectivity index (χ1) is 18.9. The average Bonchev–Trinajstić information content (AvgIpc) is 3.21. The second kappa shape index (κ2) is 11.3.